The van der Waals surface area contributed by atoms with E-state index in [0.717, 1.165) is 11.6 Å². The molecule has 1 aliphatic heterocycles. The SMILES string of the molecule is C=CC1COC(c2ccc(-c3ccc(-c4ccc(C(F)(F)Oc5cc(F)c(F)c(F)c5)c(F)c4)c(F)c3)cc2)OC1. The molecule has 4 aromatic rings. The lowest BCUT2D eigenvalue weighted by Crippen LogP contribution is -2.25. The lowest BCUT2D eigenvalue weighted by molar-refractivity contribution is -0.197. The third-order valence-corrected chi connectivity index (χ3v) is 6.54. The molecule has 1 heterocycles. The van der Waals surface area contributed by atoms with Gasteiger partial charge in [0.15, 0.2) is 23.7 Å². The fourth-order valence-electron chi connectivity index (χ4n) is 4.32. The van der Waals surface area contributed by atoms with E-state index in [4.69, 9.17) is 9.47 Å². The maximum absolute atomic E-state index is 15.1. The van der Waals surface area contributed by atoms with Gasteiger partial charge >= 0.3 is 6.11 Å². The van der Waals surface area contributed by atoms with Crippen LogP contribution in [0.2, 0.25) is 0 Å². The number of hydrogen-bond acceptors (Lipinski definition) is 3. The van der Waals surface area contributed by atoms with Gasteiger partial charge in [0.25, 0.3) is 0 Å². The molecule has 3 nitrogen and oxygen atoms in total. The van der Waals surface area contributed by atoms with Crippen LogP contribution in [0.15, 0.2) is 85.5 Å². The van der Waals surface area contributed by atoms with Crippen LogP contribution >= 0.6 is 0 Å². The normalized spacial score (nSPS) is 17.3. The molecule has 0 saturated carbocycles. The van der Waals surface area contributed by atoms with Crippen LogP contribution in [0.1, 0.15) is 17.4 Å². The second-order valence-electron chi connectivity index (χ2n) is 9.33. The molecule has 10 heteroatoms. The molecule has 5 rings (SSSR count). The molecular weight excluding hydrogens is 553 g/mol. The Labute approximate surface area is 230 Å². The van der Waals surface area contributed by atoms with E-state index in [1.165, 1.54) is 12.1 Å². The van der Waals surface area contributed by atoms with E-state index >= 15 is 4.39 Å². The van der Waals surface area contributed by atoms with Gasteiger partial charge in [-0.25, -0.2) is 22.0 Å². The van der Waals surface area contributed by atoms with Crippen molar-refractivity contribution in [1.82, 2.24) is 0 Å². The summed E-state index contributed by atoms with van der Waals surface area (Å²) in [6.07, 6.45) is -3.13. The molecular formula is C31H21F7O3. The highest BCUT2D eigenvalue weighted by molar-refractivity contribution is 5.71. The van der Waals surface area contributed by atoms with Crippen LogP contribution in [0.5, 0.6) is 5.75 Å². The zero-order chi connectivity index (χ0) is 29.3. The monoisotopic (exact) mass is 574 g/mol. The number of ether oxygens (including phenoxy) is 3. The minimum Gasteiger partial charge on any atom is -0.429 e. The Morgan fingerprint density at radius 2 is 1.29 bits per heavy atom. The molecule has 4 aromatic carbocycles. The molecule has 212 valence electrons. The van der Waals surface area contributed by atoms with Crippen molar-refractivity contribution in [1.29, 1.82) is 0 Å². The first-order chi connectivity index (χ1) is 19.6. The standard InChI is InChI=1S/C31H21F7O3/c1-2-17-15-39-30(40-16-17)19-5-3-18(4-6-19)20-7-9-23(25(32)11-20)21-8-10-24(26(33)12-21)31(37,38)41-22-13-27(34)29(36)28(35)14-22/h2-14,17,30H,1,15-16H2. The van der Waals surface area contributed by atoms with Crippen LogP contribution in [0, 0.1) is 35.0 Å². The highest BCUT2D eigenvalue weighted by Crippen LogP contribution is 2.37. The van der Waals surface area contributed by atoms with Crippen molar-refractivity contribution in [2.24, 2.45) is 5.92 Å². The summed E-state index contributed by atoms with van der Waals surface area (Å²) < 4.78 is 115. The van der Waals surface area contributed by atoms with Crippen LogP contribution < -0.4 is 4.74 Å². The van der Waals surface area contributed by atoms with Crippen molar-refractivity contribution < 1.29 is 44.9 Å². The molecule has 41 heavy (non-hydrogen) atoms. The minimum absolute atomic E-state index is 0.0373. The van der Waals surface area contributed by atoms with Gasteiger partial charge in [-0.05, 0) is 34.9 Å². The van der Waals surface area contributed by atoms with Crippen LogP contribution in [-0.2, 0) is 15.6 Å². The number of benzene rings is 4. The largest absolute Gasteiger partial charge is 0.429 e. The van der Waals surface area contributed by atoms with Gasteiger partial charge in [0.05, 0.1) is 18.8 Å². The van der Waals surface area contributed by atoms with Gasteiger partial charge in [0.1, 0.15) is 17.4 Å². The van der Waals surface area contributed by atoms with Gasteiger partial charge in [-0.3, -0.25) is 0 Å². The van der Waals surface area contributed by atoms with Gasteiger partial charge in [0.2, 0.25) is 0 Å². The number of halogens is 7. The van der Waals surface area contributed by atoms with E-state index in [1.54, 1.807) is 36.4 Å². The average Bonchev–Trinajstić information content (AvgIpc) is 2.95. The van der Waals surface area contributed by atoms with Crippen molar-refractivity contribution in [3.05, 3.63) is 126 Å². The second kappa shape index (κ2) is 11.4. The number of rotatable bonds is 7. The summed E-state index contributed by atoms with van der Waals surface area (Å²) in [4.78, 5) is 0. The molecule has 1 saturated heterocycles. The summed E-state index contributed by atoms with van der Waals surface area (Å²) in [5.41, 5.74) is 0.638. The molecule has 0 N–H and O–H groups in total. The van der Waals surface area contributed by atoms with Crippen LogP contribution in [0.3, 0.4) is 0 Å². The van der Waals surface area contributed by atoms with Crippen LogP contribution in [-0.4, -0.2) is 13.2 Å². The summed E-state index contributed by atoms with van der Waals surface area (Å²) >= 11 is 0. The summed E-state index contributed by atoms with van der Waals surface area (Å²) in [5.74, 6) is -8.49. The van der Waals surface area contributed by atoms with Gasteiger partial charge in [0, 0.05) is 29.2 Å². The van der Waals surface area contributed by atoms with E-state index in [0.29, 0.717) is 36.5 Å². The van der Waals surface area contributed by atoms with Gasteiger partial charge in [-0.15, -0.1) is 6.58 Å². The van der Waals surface area contributed by atoms with E-state index in [1.807, 2.05) is 0 Å². The quantitative estimate of drug-likeness (QED) is 0.126. The molecule has 0 atom stereocenters. The maximum Gasteiger partial charge on any atom is 0.429 e. The first-order valence-corrected chi connectivity index (χ1v) is 12.3. The Balaban J connectivity index is 1.33. The fourth-order valence-corrected chi connectivity index (χ4v) is 4.32. The minimum atomic E-state index is -4.38. The maximum atomic E-state index is 15.1. The number of hydrogen-bond donors (Lipinski definition) is 0. The fraction of sp³-hybridized carbons (Fsp3) is 0.161. The van der Waals surface area contributed by atoms with Crippen molar-refractivity contribution in [3.8, 4) is 28.0 Å². The van der Waals surface area contributed by atoms with Crippen LogP contribution in [0.25, 0.3) is 22.3 Å². The molecule has 0 bridgehead atoms. The lowest BCUT2D eigenvalue weighted by atomic mass is 9.98. The van der Waals surface area contributed by atoms with Gasteiger partial charge in [-0.2, -0.15) is 8.78 Å². The van der Waals surface area contributed by atoms with Crippen molar-refractivity contribution >= 4 is 0 Å². The molecule has 1 aliphatic rings. The summed E-state index contributed by atoms with van der Waals surface area (Å²) in [6.45, 7) is 4.70. The summed E-state index contributed by atoms with van der Waals surface area (Å²) in [5, 5.41) is 0. The molecule has 0 aliphatic carbocycles. The first kappa shape index (κ1) is 28.4. The summed E-state index contributed by atoms with van der Waals surface area (Å²) in [7, 11) is 0. The zero-order valence-corrected chi connectivity index (χ0v) is 21.2. The van der Waals surface area contributed by atoms with Gasteiger partial charge in [-0.1, -0.05) is 48.5 Å². The Bertz CT molecular complexity index is 1560. The van der Waals surface area contributed by atoms with Crippen molar-refractivity contribution in [3.63, 3.8) is 0 Å². The van der Waals surface area contributed by atoms with Crippen LogP contribution in [0.4, 0.5) is 30.7 Å². The van der Waals surface area contributed by atoms with Gasteiger partial charge < -0.3 is 14.2 Å². The molecule has 0 amide bonds. The average molecular weight is 574 g/mol. The summed E-state index contributed by atoms with van der Waals surface area (Å²) in [6, 6.07) is 14.2. The Morgan fingerprint density at radius 3 is 1.88 bits per heavy atom. The van der Waals surface area contributed by atoms with Crippen molar-refractivity contribution in [2.45, 2.75) is 12.4 Å². The Morgan fingerprint density at radius 1 is 0.707 bits per heavy atom. The topological polar surface area (TPSA) is 27.7 Å². The second-order valence-corrected chi connectivity index (χ2v) is 9.33. The van der Waals surface area contributed by atoms with Crippen molar-refractivity contribution in [2.75, 3.05) is 13.2 Å². The third kappa shape index (κ3) is 5.98. The van der Waals surface area contributed by atoms with E-state index in [2.05, 4.69) is 11.3 Å². The Kier molecular flexibility index (Phi) is 7.88. The predicted molar refractivity (Wildman–Crippen MR) is 136 cm³/mol. The van der Waals surface area contributed by atoms with E-state index < -0.39 is 52.8 Å². The molecule has 1 fully saturated rings. The first-order valence-electron chi connectivity index (χ1n) is 12.3. The van der Waals surface area contributed by atoms with E-state index in [9.17, 15) is 26.3 Å². The smallest absolute Gasteiger partial charge is 0.429 e. The molecule has 0 aromatic heterocycles. The third-order valence-electron chi connectivity index (χ3n) is 6.54. The molecule has 0 spiro atoms. The molecule has 0 unspecified atom stereocenters. The highest BCUT2D eigenvalue weighted by atomic mass is 19.3. The highest BCUT2D eigenvalue weighted by Gasteiger charge is 2.38. The zero-order valence-electron chi connectivity index (χ0n) is 21.2. The number of alkyl halides is 2. The predicted octanol–water partition coefficient (Wildman–Crippen LogP) is 8.69. The lowest BCUT2D eigenvalue weighted by Gasteiger charge is -2.28. The van der Waals surface area contributed by atoms with E-state index in [-0.39, 0.29) is 29.2 Å². The molecule has 0 radical (unpaired) electrons. The Hall–Kier alpha value is -4.15.